The van der Waals surface area contributed by atoms with Crippen LogP contribution in [0, 0.1) is 11.6 Å². The number of benzene rings is 1. The molecule has 0 aliphatic rings. The molecule has 0 heterocycles. The van der Waals surface area contributed by atoms with Crippen LogP contribution in [0.4, 0.5) is 8.78 Å². The minimum absolute atomic E-state index is 0.00562. The average molecular weight is 280 g/mol. The topological polar surface area (TPSA) is 35.2 Å². The predicted molar refractivity (Wildman–Crippen MR) is 57.6 cm³/mol. The zero-order chi connectivity index (χ0) is 11.4. The van der Waals surface area contributed by atoms with Crippen LogP contribution in [0.5, 0.6) is 0 Å². The number of rotatable bonds is 4. The van der Waals surface area contributed by atoms with Crippen molar-refractivity contribution >= 4 is 15.9 Å². The maximum atomic E-state index is 13.5. The summed E-state index contributed by atoms with van der Waals surface area (Å²) < 4.78 is 31.8. The van der Waals surface area contributed by atoms with Gasteiger partial charge in [0.15, 0.2) is 0 Å². The third-order valence-corrected chi connectivity index (χ3v) is 2.60. The van der Waals surface area contributed by atoms with Crippen molar-refractivity contribution in [1.29, 1.82) is 0 Å². The lowest BCUT2D eigenvalue weighted by Crippen LogP contribution is -2.29. The maximum Gasteiger partial charge on any atom is 0.143 e. The van der Waals surface area contributed by atoms with E-state index in [9.17, 15) is 8.78 Å². The first-order chi connectivity index (χ1) is 7.06. The Morgan fingerprint density at radius 3 is 2.73 bits per heavy atom. The van der Waals surface area contributed by atoms with Gasteiger partial charge >= 0.3 is 0 Å². The number of methoxy groups -OCH3 is 1. The molecule has 1 unspecified atom stereocenters. The Kier molecular flexibility index (Phi) is 4.63. The summed E-state index contributed by atoms with van der Waals surface area (Å²) in [5.41, 5.74) is 5.62. The molecular weight excluding hydrogens is 268 g/mol. The molecule has 0 fully saturated rings. The van der Waals surface area contributed by atoms with Crippen LogP contribution in [-0.2, 0) is 11.2 Å². The van der Waals surface area contributed by atoms with Crippen LogP contribution in [0.1, 0.15) is 5.56 Å². The van der Waals surface area contributed by atoms with Crippen molar-refractivity contribution in [1.82, 2.24) is 0 Å². The van der Waals surface area contributed by atoms with Gasteiger partial charge in [-0.25, -0.2) is 8.78 Å². The first kappa shape index (κ1) is 12.5. The van der Waals surface area contributed by atoms with Gasteiger partial charge in [0.1, 0.15) is 11.6 Å². The summed E-state index contributed by atoms with van der Waals surface area (Å²) in [5, 5.41) is 0. The van der Waals surface area contributed by atoms with Gasteiger partial charge in [0.25, 0.3) is 0 Å². The Morgan fingerprint density at radius 2 is 2.13 bits per heavy atom. The molecule has 0 saturated heterocycles. The summed E-state index contributed by atoms with van der Waals surface area (Å²) in [6.45, 7) is 0.269. The van der Waals surface area contributed by atoms with E-state index in [-0.39, 0.29) is 23.1 Å². The number of halogens is 3. The van der Waals surface area contributed by atoms with Gasteiger partial charge in [-0.15, -0.1) is 0 Å². The van der Waals surface area contributed by atoms with Crippen LogP contribution >= 0.6 is 15.9 Å². The zero-order valence-electron chi connectivity index (χ0n) is 8.27. The summed E-state index contributed by atoms with van der Waals surface area (Å²) in [6.07, 6.45) is 0.116. The van der Waals surface area contributed by atoms with Crippen LogP contribution in [-0.4, -0.2) is 19.8 Å². The SMILES string of the molecule is COCC(N)Cc1c(F)ccc(Br)c1F. The molecule has 0 aromatic heterocycles. The van der Waals surface area contributed by atoms with E-state index in [1.807, 2.05) is 0 Å². The van der Waals surface area contributed by atoms with Gasteiger partial charge in [0.2, 0.25) is 0 Å². The van der Waals surface area contributed by atoms with Crippen LogP contribution in [0.3, 0.4) is 0 Å². The monoisotopic (exact) mass is 279 g/mol. The molecule has 15 heavy (non-hydrogen) atoms. The zero-order valence-corrected chi connectivity index (χ0v) is 9.85. The predicted octanol–water partition coefficient (Wildman–Crippen LogP) is 2.24. The molecule has 0 amide bonds. The molecule has 1 atom stereocenters. The second-order valence-electron chi connectivity index (χ2n) is 3.24. The van der Waals surface area contributed by atoms with Gasteiger partial charge in [0.05, 0.1) is 11.1 Å². The Bertz CT molecular complexity index is 346. The lowest BCUT2D eigenvalue weighted by atomic mass is 10.1. The third-order valence-electron chi connectivity index (χ3n) is 1.99. The first-order valence-corrected chi connectivity index (χ1v) is 5.22. The summed E-state index contributed by atoms with van der Waals surface area (Å²) in [7, 11) is 1.49. The van der Waals surface area contributed by atoms with Gasteiger partial charge in [-0.05, 0) is 34.5 Å². The van der Waals surface area contributed by atoms with Gasteiger partial charge in [-0.1, -0.05) is 0 Å². The molecule has 0 saturated carbocycles. The van der Waals surface area contributed by atoms with Gasteiger partial charge in [-0.3, -0.25) is 0 Å². The highest BCUT2D eigenvalue weighted by molar-refractivity contribution is 9.10. The minimum Gasteiger partial charge on any atom is -0.383 e. The molecule has 2 N–H and O–H groups in total. The molecule has 2 nitrogen and oxygen atoms in total. The van der Waals surface area contributed by atoms with Crippen LogP contribution in [0.15, 0.2) is 16.6 Å². The molecule has 0 radical (unpaired) electrons. The summed E-state index contributed by atoms with van der Waals surface area (Å²) in [6, 6.07) is 2.13. The van der Waals surface area contributed by atoms with E-state index in [4.69, 9.17) is 10.5 Å². The van der Waals surface area contributed by atoms with Crippen LogP contribution in [0.2, 0.25) is 0 Å². The minimum atomic E-state index is -0.596. The highest BCUT2D eigenvalue weighted by Crippen LogP contribution is 2.22. The Morgan fingerprint density at radius 1 is 1.47 bits per heavy atom. The molecule has 0 aliphatic heterocycles. The maximum absolute atomic E-state index is 13.5. The Labute approximate surface area is 95.5 Å². The van der Waals surface area contributed by atoms with Crippen molar-refractivity contribution in [3.63, 3.8) is 0 Å². The fourth-order valence-corrected chi connectivity index (χ4v) is 1.66. The van der Waals surface area contributed by atoms with E-state index in [0.717, 1.165) is 0 Å². The van der Waals surface area contributed by atoms with Crippen molar-refractivity contribution in [2.75, 3.05) is 13.7 Å². The molecule has 1 rings (SSSR count). The normalized spacial score (nSPS) is 12.9. The second kappa shape index (κ2) is 5.53. The molecule has 5 heteroatoms. The van der Waals surface area contributed by atoms with Crippen LogP contribution in [0.25, 0.3) is 0 Å². The summed E-state index contributed by atoms with van der Waals surface area (Å²) >= 11 is 3.00. The van der Waals surface area contributed by atoms with Crippen molar-refractivity contribution in [2.24, 2.45) is 5.73 Å². The summed E-state index contributed by atoms with van der Waals surface area (Å²) in [5.74, 6) is -1.18. The highest BCUT2D eigenvalue weighted by Gasteiger charge is 2.15. The largest absolute Gasteiger partial charge is 0.383 e. The highest BCUT2D eigenvalue weighted by atomic mass is 79.9. The third kappa shape index (κ3) is 3.22. The molecule has 1 aromatic carbocycles. The first-order valence-electron chi connectivity index (χ1n) is 4.43. The second-order valence-corrected chi connectivity index (χ2v) is 4.10. The molecular formula is C10H12BrF2NO. The van der Waals surface area contributed by atoms with E-state index in [1.165, 1.54) is 19.2 Å². The molecule has 0 bridgehead atoms. The van der Waals surface area contributed by atoms with E-state index >= 15 is 0 Å². The lowest BCUT2D eigenvalue weighted by Gasteiger charge is -2.12. The number of nitrogens with two attached hydrogens (primary N) is 1. The Balaban J connectivity index is 2.88. The smallest absolute Gasteiger partial charge is 0.143 e. The number of ether oxygens (including phenoxy) is 1. The number of hydrogen-bond acceptors (Lipinski definition) is 2. The van der Waals surface area contributed by atoms with E-state index in [2.05, 4.69) is 15.9 Å². The van der Waals surface area contributed by atoms with Gasteiger partial charge < -0.3 is 10.5 Å². The van der Waals surface area contributed by atoms with Gasteiger partial charge in [-0.2, -0.15) is 0 Å². The number of hydrogen-bond donors (Lipinski definition) is 1. The lowest BCUT2D eigenvalue weighted by molar-refractivity contribution is 0.179. The summed E-state index contributed by atoms with van der Waals surface area (Å²) in [4.78, 5) is 0. The van der Waals surface area contributed by atoms with Crippen molar-refractivity contribution in [3.8, 4) is 0 Å². The van der Waals surface area contributed by atoms with E-state index in [1.54, 1.807) is 0 Å². The standard InChI is InChI=1S/C10H12BrF2NO/c1-15-5-6(14)4-7-9(12)3-2-8(11)10(7)13/h2-3,6H,4-5,14H2,1H3. The average Bonchev–Trinajstić information content (AvgIpc) is 2.19. The van der Waals surface area contributed by atoms with Gasteiger partial charge in [0, 0.05) is 18.7 Å². The van der Waals surface area contributed by atoms with Crippen molar-refractivity contribution < 1.29 is 13.5 Å². The van der Waals surface area contributed by atoms with E-state index < -0.39 is 17.7 Å². The van der Waals surface area contributed by atoms with Crippen LogP contribution < -0.4 is 5.73 Å². The molecule has 1 aromatic rings. The van der Waals surface area contributed by atoms with Crippen molar-refractivity contribution in [3.05, 3.63) is 33.8 Å². The molecule has 0 spiro atoms. The van der Waals surface area contributed by atoms with Crippen molar-refractivity contribution in [2.45, 2.75) is 12.5 Å². The molecule has 84 valence electrons. The quantitative estimate of drug-likeness (QED) is 0.858. The van der Waals surface area contributed by atoms with E-state index in [0.29, 0.717) is 0 Å². The molecule has 0 aliphatic carbocycles. The Hall–Kier alpha value is -0.520. The fourth-order valence-electron chi connectivity index (χ4n) is 1.29. The fraction of sp³-hybridized carbons (Fsp3) is 0.400.